The second-order valence-corrected chi connectivity index (χ2v) is 10.0. The van der Waals surface area contributed by atoms with Crippen LogP contribution >= 0.6 is 11.3 Å². The molecule has 0 bridgehead atoms. The van der Waals surface area contributed by atoms with Gasteiger partial charge in [-0.2, -0.15) is 0 Å². The number of thiophene rings is 1. The van der Waals surface area contributed by atoms with E-state index in [1.807, 2.05) is 12.1 Å². The smallest absolute Gasteiger partial charge is 0.312 e. The molecule has 2 aliphatic heterocycles. The maximum Gasteiger partial charge on any atom is 0.312 e. The summed E-state index contributed by atoms with van der Waals surface area (Å²) in [7, 11) is -3.36. The summed E-state index contributed by atoms with van der Waals surface area (Å²) in [6.07, 6.45) is 1.15. The van der Waals surface area contributed by atoms with Gasteiger partial charge in [0.1, 0.15) is 0 Å². The molecule has 0 saturated carbocycles. The zero-order valence-corrected chi connectivity index (χ0v) is 15.5. The predicted octanol–water partition coefficient (Wildman–Crippen LogP) is 1.68. The predicted molar refractivity (Wildman–Crippen MR) is 97.1 cm³/mol. The second-order valence-electron chi connectivity index (χ2n) is 7.14. The number of carbonyl (C=O) groups is 1. The molecule has 1 N–H and O–H groups in total. The van der Waals surface area contributed by atoms with E-state index in [1.54, 1.807) is 11.3 Å². The van der Waals surface area contributed by atoms with E-state index >= 15 is 0 Å². The van der Waals surface area contributed by atoms with Gasteiger partial charge in [0.05, 0.1) is 11.7 Å². The van der Waals surface area contributed by atoms with Crippen LogP contribution in [-0.2, 0) is 21.4 Å². The first-order valence-electron chi connectivity index (χ1n) is 8.15. The molecule has 8 heteroatoms. The van der Waals surface area contributed by atoms with Gasteiger partial charge in [-0.25, -0.2) is 12.7 Å². The summed E-state index contributed by atoms with van der Waals surface area (Å²) in [6, 6.07) is 8.21. The summed E-state index contributed by atoms with van der Waals surface area (Å²) in [5, 5.41) is 13.2. The van der Waals surface area contributed by atoms with Crippen molar-refractivity contribution < 1.29 is 18.3 Å². The van der Waals surface area contributed by atoms with E-state index in [0.29, 0.717) is 26.2 Å². The van der Waals surface area contributed by atoms with Crippen LogP contribution in [0, 0.1) is 11.3 Å². The van der Waals surface area contributed by atoms with E-state index < -0.39 is 21.4 Å². The molecule has 2 aliphatic rings. The van der Waals surface area contributed by atoms with Crippen LogP contribution in [0.2, 0.25) is 0 Å². The molecule has 2 atom stereocenters. The molecule has 134 valence electrons. The van der Waals surface area contributed by atoms with E-state index in [2.05, 4.69) is 22.4 Å². The number of hydrogen-bond acceptors (Lipinski definition) is 5. The van der Waals surface area contributed by atoms with E-state index in [1.165, 1.54) is 20.0 Å². The summed E-state index contributed by atoms with van der Waals surface area (Å²) in [4.78, 5) is 14.2. The van der Waals surface area contributed by atoms with Gasteiger partial charge in [-0.15, -0.1) is 11.3 Å². The number of carboxylic acids is 1. The average molecular weight is 380 g/mol. The van der Waals surface area contributed by atoms with Gasteiger partial charge < -0.3 is 5.11 Å². The number of benzene rings is 1. The molecule has 2 unspecified atom stereocenters. The quantitative estimate of drug-likeness (QED) is 0.873. The Morgan fingerprint density at radius 3 is 2.76 bits per heavy atom. The van der Waals surface area contributed by atoms with Crippen molar-refractivity contribution in [2.75, 3.05) is 32.4 Å². The molecule has 6 nitrogen and oxygen atoms in total. The first-order valence-corrected chi connectivity index (χ1v) is 10.9. The van der Waals surface area contributed by atoms with Gasteiger partial charge in [0.2, 0.25) is 10.0 Å². The van der Waals surface area contributed by atoms with Gasteiger partial charge in [0, 0.05) is 43.3 Å². The largest absolute Gasteiger partial charge is 0.481 e. The fourth-order valence-corrected chi connectivity index (χ4v) is 6.06. The molecular weight excluding hydrogens is 360 g/mol. The molecule has 1 aromatic carbocycles. The van der Waals surface area contributed by atoms with Crippen LogP contribution < -0.4 is 0 Å². The maximum absolute atomic E-state index is 12.0. The van der Waals surface area contributed by atoms with Gasteiger partial charge >= 0.3 is 5.97 Å². The lowest BCUT2D eigenvalue weighted by atomic mass is 9.81. The summed E-state index contributed by atoms with van der Waals surface area (Å²) in [5.41, 5.74) is 0.218. The Kier molecular flexibility index (Phi) is 3.91. The molecule has 2 fully saturated rings. The first-order chi connectivity index (χ1) is 11.8. The second kappa shape index (κ2) is 5.77. The zero-order valence-electron chi connectivity index (χ0n) is 13.9. The van der Waals surface area contributed by atoms with Crippen molar-refractivity contribution in [2.24, 2.45) is 11.3 Å². The summed E-state index contributed by atoms with van der Waals surface area (Å²) in [6.45, 7) is 2.08. The number of likely N-dealkylation sites (tertiary alicyclic amines) is 1. The molecule has 0 radical (unpaired) electrons. The van der Waals surface area contributed by atoms with Crippen LogP contribution in [0.5, 0.6) is 0 Å². The van der Waals surface area contributed by atoms with Crippen LogP contribution in [0.4, 0.5) is 0 Å². The number of nitrogens with zero attached hydrogens (tertiary/aromatic N) is 2. The van der Waals surface area contributed by atoms with Crippen molar-refractivity contribution in [1.82, 2.24) is 9.21 Å². The minimum Gasteiger partial charge on any atom is -0.481 e. The number of fused-ring (bicyclic) bond motifs is 2. The van der Waals surface area contributed by atoms with Gasteiger partial charge in [-0.05, 0) is 22.4 Å². The van der Waals surface area contributed by atoms with E-state index in [-0.39, 0.29) is 12.5 Å². The van der Waals surface area contributed by atoms with Crippen molar-refractivity contribution in [3.63, 3.8) is 0 Å². The van der Waals surface area contributed by atoms with E-state index in [4.69, 9.17) is 0 Å². The van der Waals surface area contributed by atoms with Crippen LogP contribution in [-0.4, -0.2) is 61.1 Å². The third-order valence-corrected chi connectivity index (χ3v) is 7.73. The van der Waals surface area contributed by atoms with Gasteiger partial charge in [-0.1, -0.05) is 18.2 Å². The third-order valence-electron chi connectivity index (χ3n) is 5.50. The van der Waals surface area contributed by atoms with Crippen molar-refractivity contribution in [2.45, 2.75) is 6.54 Å². The molecule has 1 aromatic heterocycles. The number of aliphatic carboxylic acids is 1. The Morgan fingerprint density at radius 1 is 1.32 bits per heavy atom. The molecular formula is C17H20N2O4S2. The number of rotatable bonds is 4. The lowest BCUT2D eigenvalue weighted by Gasteiger charge is -2.24. The van der Waals surface area contributed by atoms with Crippen molar-refractivity contribution in [1.29, 1.82) is 0 Å². The standard InChI is InChI=1S/C17H20N2O4S2/c1-25(22,23)19-8-13-7-18(10-17(13,11-19)16(20)21)6-12-9-24-15-5-3-2-4-14(12)15/h2-5,9,13H,6-8,10-11H2,1H3,(H,20,21). The fraction of sp³-hybridized carbons (Fsp3) is 0.471. The fourth-order valence-electron chi connectivity index (χ4n) is 4.19. The molecule has 0 amide bonds. The van der Waals surface area contributed by atoms with E-state index in [9.17, 15) is 18.3 Å². The number of hydrogen-bond donors (Lipinski definition) is 1. The minimum absolute atomic E-state index is 0.0761. The monoisotopic (exact) mass is 380 g/mol. The van der Waals surface area contributed by atoms with Crippen molar-refractivity contribution >= 4 is 37.4 Å². The molecule has 0 spiro atoms. The Balaban J connectivity index is 1.57. The van der Waals surface area contributed by atoms with Crippen molar-refractivity contribution in [3.05, 3.63) is 35.2 Å². The molecule has 3 heterocycles. The maximum atomic E-state index is 12.0. The molecule has 4 rings (SSSR count). The molecule has 2 aromatic rings. The third kappa shape index (κ3) is 2.77. The zero-order chi connectivity index (χ0) is 17.8. The Morgan fingerprint density at radius 2 is 2.08 bits per heavy atom. The Labute approximate surface area is 150 Å². The summed E-state index contributed by atoms with van der Waals surface area (Å²) >= 11 is 1.70. The Bertz CT molecular complexity index is 939. The van der Waals surface area contributed by atoms with Crippen LogP contribution in [0.25, 0.3) is 10.1 Å². The van der Waals surface area contributed by atoms with E-state index in [0.717, 1.165) is 6.26 Å². The first kappa shape index (κ1) is 17.0. The summed E-state index contributed by atoms with van der Waals surface area (Å²) in [5.74, 6) is -1.05. The lowest BCUT2D eigenvalue weighted by molar-refractivity contribution is -0.148. The highest BCUT2D eigenvalue weighted by molar-refractivity contribution is 7.88. The number of carboxylic acid groups (broad SMARTS) is 1. The van der Waals surface area contributed by atoms with Gasteiger partial charge in [-0.3, -0.25) is 9.69 Å². The highest BCUT2D eigenvalue weighted by atomic mass is 32.2. The van der Waals surface area contributed by atoms with Crippen molar-refractivity contribution in [3.8, 4) is 0 Å². The topological polar surface area (TPSA) is 77.9 Å². The minimum atomic E-state index is -3.36. The lowest BCUT2D eigenvalue weighted by Crippen LogP contribution is -2.41. The molecule has 25 heavy (non-hydrogen) atoms. The van der Waals surface area contributed by atoms with Crippen LogP contribution in [0.3, 0.4) is 0 Å². The Hall–Kier alpha value is -1.48. The molecule has 2 saturated heterocycles. The highest BCUT2D eigenvalue weighted by Crippen LogP contribution is 2.44. The number of sulfonamides is 1. The van der Waals surface area contributed by atoms with Gasteiger partial charge in [0.25, 0.3) is 0 Å². The SMILES string of the molecule is CS(=O)(=O)N1CC2CN(Cc3csc4ccccc34)CC2(C(=O)O)C1. The van der Waals surface area contributed by atoms with Crippen LogP contribution in [0.15, 0.2) is 29.6 Å². The summed E-state index contributed by atoms with van der Waals surface area (Å²) < 4.78 is 26.2. The van der Waals surface area contributed by atoms with Crippen LogP contribution in [0.1, 0.15) is 5.56 Å². The molecule has 0 aliphatic carbocycles. The highest BCUT2D eigenvalue weighted by Gasteiger charge is 2.59. The average Bonchev–Trinajstić information content (AvgIpc) is 3.18. The van der Waals surface area contributed by atoms with Gasteiger partial charge in [0.15, 0.2) is 0 Å². The normalized spacial score (nSPS) is 27.8.